The van der Waals surface area contributed by atoms with Gasteiger partial charge in [-0.2, -0.15) is 13.2 Å². The predicted octanol–water partition coefficient (Wildman–Crippen LogP) is 3.95. The number of aromatic carboxylic acids is 1. The molecule has 1 heterocycles. The lowest BCUT2D eigenvalue weighted by molar-refractivity contribution is -0.137. The summed E-state index contributed by atoms with van der Waals surface area (Å²) in [4.78, 5) is 15.4. The average Bonchev–Trinajstić information content (AvgIpc) is 2.38. The number of hydrogen-bond acceptors (Lipinski definition) is 3. The maximum absolute atomic E-state index is 12.4. The first-order valence-corrected chi connectivity index (χ1v) is 6.23. The van der Waals surface area contributed by atoms with Gasteiger partial charge in [0.15, 0.2) is 0 Å². The lowest BCUT2D eigenvalue weighted by Gasteiger charge is -2.08. The first kappa shape index (κ1) is 14.4. The van der Waals surface area contributed by atoms with Crippen LogP contribution in [0.3, 0.4) is 0 Å². The standard InChI is InChI=1S/C13H8F3NO2S/c14-13(15,16)8-3-5-9(6-4-8)20-11-10(12(18)19)2-1-7-17-11/h1-7H,(H,18,19). The summed E-state index contributed by atoms with van der Waals surface area (Å²) in [6, 6.07) is 7.35. The topological polar surface area (TPSA) is 50.2 Å². The van der Waals surface area contributed by atoms with E-state index >= 15 is 0 Å². The number of alkyl halides is 3. The summed E-state index contributed by atoms with van der Waals surface area (Å²) in [6.45, 7) is 0. The molecule has 1 aromatic heterocycles. The monoisotopic (exact) mass is 299 g/mol. The highest BCUT2D eigenvalue weighted by Crippen LogP contribution is 2.33. The van der Waals surface area contributed by atoms with Crippen LogP contribution >= 0.6 is 11.8 Å². The highest BCUT2D eigenvalue weighted by molar-refractivity contribution is 7.99. The predicted molar refractivity (Wildman–Crippen MR) is 66.8 cm³/mol. The van der Waals surface area contributed by atoms with Crippen LogP contribution in [-0.2, 0) is 6.18 Å². The van der Waals surface area contributed by atoms with Crippen LogP contribution in [0.25, 0.3) is 0 Å². The first-order valence-electron chi connectivity index (χ1n) is 5.41. The van der Waals surface area contributed by atoms with Crippen molar-refractivity contribution in [2.45, 2.75) is 16.1 Å². The van der Waals surface area contributed by atoms with Gasteiger partial charge >= 0.3 is 12.1 Å². The zero-order valence-corrected chi connectivity index (χ0v) is 10.7. The Kier molecular flexibility index (Phi) is 3.99. The minimum absolute atomic E-state index is 0.0115. The molecule has 1 N–H and O–H groups in total. The summed E-state index contributed by atoms with van der Waals surface area (Å²) < 4.78 is 37.3. The molecular formula is C13H8F3NO2S. The molecule has 0 saturated carbocycles. The number of hydrogen-bond donors (Lipinski definition) is 1. The van der Waals surface area contributed by atoms with Crippen molar-refractivity contribution in [3.63, 3.8) is 0 Å². The van der Waals surface area contributed by atoms with Gasteiger partial charge in [0.2, 0.25) is 0 Å². The minimum atomic E-state index is -4.39. The lowest BCUT2D eigenvalue weighted by Crippen LogP contribution is -2.04. The maximum atomic E-state index is 12.4. The van der Waals surface area contributed by atoms with Gasteiger partial charge in [0.1, 0.15) is 5.03 Å². The third-order valence-electron chi connectivity index (χ3n) is 2.40. The second kappa shape index (κ2) is 5.54. The number of aromatic nitrogens is 1. The van der Waals surface area contributed by atoms with Gasteiger partial charge in [0.25, 0.3) is 0 Å². The molecule has 0 aliphatic rings. The van der Waals surface area contributed by atoms with E-state index in [0.717, 1.165) is 23.9 Å². The van der Waals surface area contributed by atoms with Gasteiger partial charge in [0.05, 0.1) is 11.1 Å². The van der Waals surface area contributed by atoms with E-state index in [4.69, 9.17) is 5.11 Å². The summed E-state index contributed by atoms with van der Waals surface area (Å²) >= 11 is 1.00. The molecule has 0 fully saturated rings. The van der Waals surface area contributed by atoms with E-state index in [-0.39, 0.29) is 10.6 Å². The highest BCUT2D eigenvalue weighted by atomic mass is 32.2. The number of carboxylic acid groups (broad SMARTS) is 1. The number of benzene rings is 1. The molecule has 0 bridgehead atoms. The van der Waals surface area contributed by atoms with Gasteiger partial charge < -0.3 is 5.11 Å². The zero-order valence-electron chi connectivity index (χ0n) is 9.89. The van der Waals surface area contributed by atoms with Gasteiger partial charge in [-0.15, -0.1) is 0 Å². The number of carboxylic acids is 1. The van der Waals surface area contributed by atoms with Crippen molar-refractivity contribution in [3.8, 4) is 0 Å². The van der Waals surface area contributed by atoms with Crippen LogP contribution in [0, 0.1) is 0 Å². The quantitative estimate of drug-likeness (QED) is 0.932. The minimum Gasteiger partial charge on any atom is -0.478 e. The van der Waals surface area contributed by atoms with E-state index in [1.165, 1.54) is 30.5 Å². The Bertz CT molecular complexity index is 626. The fourth-order valence-electron chi connectivity index (χ4n) is 1.46. The van der Waals surface area contributed by atoms with Crippen LogP contribution in [-0.4, -0.2) is 16.1 Å². The smallest absolute Gasteiger partial charge is 0.416 e. The van der Waals surface area contributed by atoms with Crippen molar-refractivity contribution in [3.05, 3.63) is 53.7 Å². The van der Waals surface area contributed by atoms with E-state index in [2.05, 4.69) is 4.98 Å². The summed E-state index contributed by atoms with van der Waals surface area (Å²) in [5, 5.41) is 9.23. The van der Waals surface area contributed by atoms with Gasteiger partial charge in [-0.05, 0) is 36.4 Å². The molecular weight excluding hydrogens is 291 g/mol. The van der Waals surface area contributed by atoms with Crippen LogP contribution < -0.4 is 0 Å². The van der Waals surface area contributed by atoms with Crippen molar-refractivity contribution < 1.29 is 23.1 Å². The van der Waals surface area contributed by atoms with Gasteiger partial charge in [-0.3, -0.25) is 0 Å². The lowest BCUT2D eigenvalue weighted by atomic mass is 10.2. The third-order valence-corrected chi connectivity index (χ3v) is 3.42. The number of nitrogens with zero attached hydrogens (tertiary/aromatic N) is 1. The fourth-order valence-corrected chi connectivity index (χ4v) is 2.33. The molecule has 0 amide bonds. The second-order valence-corrected chi connectivity index (χ2v) is 4.85. The van der Waals surface area contributed by atoms with Crippen LogP contribution in [0.1, 0.15) is 15.9 Å². The van der Waals surface area contributed by atoms with E-state index in [9.17, 15) is 18.0 Å². The van der Waals surface area contributed by atoms with Crippen LogP contribution in [0.2, 0.25) is 0 Å². The Labute approximate surface area is 116 Å². The summed E-state index contributed by atoms with van der Waals surface area (Å²) in [6.07, 6.45) is -2.96. The van der Waals surface area contributed by atoms with Crippen molar-refractivity contribution >= 4 is 17.7 Å². The Balaban J connectivity index is 2.25. The van der Waals surface area contributed by atoms with E-state index in [0.29, 0.717) is 4.90 Å². The molecule has 0 atom stereocenters. The molecule has 0 saturated heterocycles. The molecule has 0 aliphatic carbocycles. The Morgan fingerprint density at radius 2 is 1.80 bits per heavy atom. The third kappa shape index (κ3) is 3.30. The largest absolute Gasteiger partial charge is 0.478 e. The number of halogens is 3. The molecule has 2 rings (SSSR count). The van der Waals surface area contributed by atoms with Crippen LogP contribution in [0.15, 0.2) is 52.5 Å². The summed E-state index contributed by atoms with van der Waals surface area (Å²) in [5.74, 6) is -1.13. The van der Waals surface area contributed by atoms with Gasteiger partial charge in [-0.1, -0.05) is 11.8 Å². The fraction of sp³-hybridized carbons (Fsp3) is 0.0769. The Morgan fingerprint density at radius 3 is 2.35 bits per heavy atom. The Hall–Kier alpha value is -2.02. The molecule has 0 radical (unpaired) electrons. The summed E-state index contributed by atoms with van der Waals surface area (Å²) in [5.41, 5.74) is -0.737. The SMILES string of the molecule is O=C(O)c1cccnc1Sc1ccc(C(F)(F)F)cc1. The van der Waals surface area contributed by atoms with Gasteiger partial charge in [0, 0.05) is 11.1 Å². The average molecular weight is 299 g/mol. The maximum Gasteiger partial charge on any atom is 0.416 e. The van der Waals surface area contributed by atoms with E-state index in [1.807, 2.05) is 0 Å². The van der Waals surface area contributed by atoms with Crippen LogP contribution in [0.4, 0.5) is 13.2 Å². The van der Waals surface area contributed by atoms with Crippen LogP contribution in [0.5, 0.6) is 0 Å². The second-order valence-electron chi connectivity index (χ2n) is 3.79. The molecule has 0 aliphatic heterocycles. The van der Waals surface area contributed by atoms with E-state index in [1.54, 1.807) is 0 Å². The molecule has 20 heavy (non-hydrogen) atoms. The number of pyridine rings is 1. The molecule has 1 aromatic carbocycles. The zero-order chi connectivity index (χ0) is 14.8. The normalized spacial score (nSPS) is 11.3. The summed E-state index contributed by atoms with van der Waals surface area (Å²) in [7, 11) is 0. The first-order chi connectivity index (χ1) is 9.38. The number of carbonyl (C=O) groups is 1. The van der Waals surface area contributed by atoms with Gasteiger partial charge in [-0.25, -0.2) is 9.78 Å². The van der Waals surface area contributed by atoms with Crippen molar-refractivity contribution in [2.75, 3.05) is 0 Å². The molecule has 7 heteroatoms. The van der Waals surface area contributed by atoms with Crippen molar-refractivity contribution in [2.24, 2.45) is 0 Å². The Morgan fingerprint density at radius 1 is 1.15 bits per heavy atom. The molecule has 0 spiro atoms. The molecule has 0 unspecified atom stereocenters. The molecule has 3 nitrogen and oxygen atoms in total. The number of rotatable bonds is 3. The molecule has 2 aromatic rings. The van der Waals surface area contributed by atoms with E-state index < -0.39 is 17.7 Å². The highest BCUT2D eigenvalue weighted by Gasteiger charge is 2.30. The van der Waals surface area contributed by atoms with Crippen molar-refractivity contribution in [1.82, 2.24) is 4.98 Å². The molecule has 104 valence electrons. The van der Waals surface area contributed by atoms with Crippen molar-refractivity contribution in [1.29, 1.82) is 0 Å².